The summed E-state index contributed by atoms with van der Waals surface area (Å²) in [5, 5.41) is 13.2. The van der Waals surface area contributed by atoms with E-state index in [0.29, 0.717) is 5.16 Å². The number of amides is 1. The fourth-order valence-corrected chi connectivity index (χ4v) is 3.42. The van der Waals surface area contributed by atoms with Gasteiger partial charge in [0.15, 0.2) is 11.0 Å². The summed E-state index contributed by atoms with van der Waals surface area (Å²) in [5.74, 6) is 0.826. The molecule has 0 fully saturated rings. The normalized spacial score (nSPS) is 11.4. The van der Waals surface area contributed by atoms with E-state index in [0.717, 1.165) is 23.5 Å². The zero-order valence-corrected chi connectivity index (χ0v) is 17.3. The quantitative estimate of drug-likeness (QED) is 0.347. The molecule has 0 aliphatic rings. The zero-order valence-electron chi connectivity index (χ0n) is 16.4. The summed E-state index contributed by atoms with van der Waals surface area (Å²) in [6.45, 7) is 4.81. The van der Waals surface area contributed by atoms with Crippen molar-refractivity contribution in [3.63, 3.8) is 0 Å². The van der Waals surface area contributed by atoms with Crippen LogP contribution in [0.4, 0.5) is 0 Å². The molecule has 0 spiro atoms. The average molecular weight is 406 g/mol. The van der Waals surface area contributed by atoms with Gasteiger partial charge in [-0.2, -0.15) is 5.10 Å². The van der Waals surface area contributed by atoms with Crippen molar-refractivity contribution in [2.24, 2.45) is 5.10 Å². The molecule has 29 heavy (non-hydrogen) atoms. The summed E-state index contributed by atoms with van der Waals surface area (Å²) in [4.78, 5) is 12.0. The molecule has 0 radical (unpaired) electrons. The maximum absolute atomic E-state index is 12.0. The molecule has 0 saturated heterocycles. The summed E-state index contributed by atoms with van der Waals surface area (Å²) in [6, 6.07) is 18.1. The summed E-state index contributed by atoms with van der Waals surface area (Å²) >= 11 is 1.34. The summed E-state index contributed by atoms with van der Waals surface area (Å²) < 4.78 is 2.01. The maximum Gasteiger partial charge on any atom is 0.250 e. The first kappa shape index (κ1) is 20.5. The van der Waals surface area contributed by atoms with Gasteiger partial charge in [-0.1, -0.05) is 78.0 Å². The molecule has 3 aromatic rings. The second kappa shape index (κ2) is 10.4. The minimum Gasteiger partial charge on any atom is -0.302 e. The predicted octanol–water partition coefficient (Wildman–Crippen LogP) is 4.18. The number of nitrogens with one attached hydrogen (secondary N) is 1. The molecular weight excluding hydrogens is 382 g/mol. The number of carbonyl (C=O) groups is 1. The number of aromatic nitrogens is 3. The summed E-state index contributed by atoms with van der Waals surface area (Å²) in [7, 11) is 0. The minimum atomic E-state index is -0.193. The number of hydrogen-bond acceptors (Lipinski definition) is 5. The van der Waals surface area contributed by atoms with Crippen molar-refractivity contribution >= 4 is 30.0 Å². The Labute approximate surface area is 174 Å². The van der Waals surface area contributed by atoms with Gasteiger partial charge in [0.25, 0.3) is 5.91 Å². The van der Waals surface area contributed by atoms with Crippen molar-refractivity contribution in [3.05, 3.63) is 71.8 Å². The number of rotatable bonds is 8. The lowest BCUT2D eigenvalue weighted by atomic mass is 10.1. The number of allylic oxidation sites excluding steroid dienone is 1. The monoisotopic (exact) mass is 405 g/mol. The number of hydrogen-bond donors (Lipinski definition) is 1. The van der Waals surface area contributed by atoms with Crippen molar-refractivity contribution in [3.8, 4) is 11.4 Å². The number of benzene rings is 2. The second-order valence-electron chi connectivity index (χ2n) is 6.29. The van der Waals surface area contributed by atoms with E-state index in [1.165, 1.54) is 17.3 Å². The molecule has 0 aliphatic heterocycles. The molecule has 6 nitrogen and oxygen atoms in total. The Morgan fingerprint density at radius 3 is 2.62 bits per heavy atom. The molecule has 0 saturated carbocycles. The molecule has 0 atom stereocenters. The molecule has 1 heterocycles. The number of carbonyl (C=O) groups excluding carboxylic acids is 1. The van der Waals surface area contributed by atoms with Crippen molar-refractivity contribution < 1.29 is 4.79 Å². The van der Waals surface area contributed by atoms with Crippen LogP contribution in [0.25, 0.3) is 17.5 Å². The summed E-state index contributed by atoms with van der Waals surface area (Å²) in [5.41, 5.74) is 5.80. The van der Waals surface area contributed by atoms with E-state index < -0.39 is 0 Å². The molecule has 1 N–H and O–H groups in total. The van der Waals surface area contributed by atoms with Gasteiger partial charge in [0.05, 0.1) is 5.75 Å². The maximum atomic E-state index is 12.0. The van der Waals surface area contributed by atoms with E-state index in [2.05, 4.69) is 32.9 Å². The van der Waals surface area contributed by atoms with Gasteiger partial charge >= 0.3 is 0 Å². The van der Waals surface area contributed by atoms with Crippen molar-refractivity contribution in [1.29, 1.82) is 0 Å². The molecule has 1 amide bonds. The van der Waals surface area contributed by atoms with E-state index >= 15 is 0 Å². The number of aryl methyl sites for hydroxylation is 1. The van der Waals surface area contributed by atoms with E-state index in [9.17, 15) is 4.79 Å². The first-order valence-electron chi connectivity index (χ1n) is 9.34. The smallest absolute Gasteiger partial charge is 0.250 e. The molecular formula is C22H23N5OS. The van der Waals surface area contributed by atoms with Crippen LogP contribution in [0.2, 0.25) is 0 Å². The van der Waals surface area contributed by atoms with Crippen LogP contribution in [0.1, 0.15) is 18.1 Å². The molecule has 3 rings (SSSR count). The molecule has 1 aromatic heterocycles. The first-order valence-corrected chi connectivity index (χ1v) is 10.3. The number of nitrogens with zero attached hydrogens (tertiary/aromatic N) is 4. The van der Waals surface area contributed by atoms with Crippen LogP contribution in [-0.4, -0.2) is 32.6 Å². The third-order valence-corrected chi connectivity index (χ3v) is 5.08. The predicted molar refractivity (Wildman–Crippen MR) is 119 cm³/mol. The summed E-state index contributed by atoms with van der Waals surface area (Å²) in [6.07, 6.45) is 5.25. The highest BCUT2D eigenvalue weighted by Crippen LogP contribution is 2.24. The Hall–Kier alpha value is -3.19. The van der Waals surface area contributed by atoms with Crippen LogP contribution in [-0.2, 0) is 11.3 Å². The number of thioether (sulfide) groups is 1. The lowest BCUT2D eigenvalue weighted by Crippen LogP contribution is -2.19. The van der Waals surface area contributed by atoms with Crippen LogP contribution in [0.3, 0.4) is 0 Å². The van der Waals surface area contributed by atoms with Crippen LogP contribution in [0.5, 0.6) is 0 Å². The van der Waals surface area contributed by atoms with Crippen molar-refractivity contribution in [2.45, 2.75) is 25.5 Å². The molecule has 7 heteroatoms. The first-order chi connectivity index (χ1) is 14.2. The molecule has 0 bridgehead atoms. The molecule has 0 aliphatic carbocycles. The van der Waals surface area contributed by atoms with Crippen LogP contribution >= 0.6 is 11.8 Å². The van der Waals surface area contributed by atoms with E-state index in [-0.39, 0.29) is 11.7 Å². The SMILES string of the molecule is CCn1c(SCC(=O)N/N=C/C=C/c2ccccc2)nnc1-c1ccc(C)cc1. The third kappa shape index (κ3) is 5.89. The average Bonchev–Trinajstić information content (AvgIpc) is 3.16. The molecule has 2 aromatic carbocycles. The Morgan fingerprint density at radius 1 is 1.14 bits per heavy atom. The highest BCUT2D eigenvalue weighted by Gasteiger charge is 2.14. The third-order valence-electron chi connectivity index (χ3n) is 4.11. The van der Waals surface area contributed by atoms with E-state index in [4.69, 9.17) is 0 Å². The zero-order chi connectivity index (χ0) is 20.5. The van der Waals surface area contributed by atoms with Gasteiger partial charge in [-0.15, -0.1) is 10.2 Å². The van der Waals surface area contributed by atoms with Gasteiger partial charge in [0.2, 0.25) is 0 Å². The standard InChI is InChI=1S/C22H23N5OS/c1-3-27-21(19-13-11-17(2)12-14-19)25-26-22(27)29-16-20(28)24-23-15-7-10-18-8-5-4-6-9-18/h4-15H,3,16H2,1-2H3,(H,24,28)/b10-7+,23-15+. The Morgan fingerprint density at radius 2 is 1.90 bits per heavy atom. The van der Waals surface area contributed by atoms with Crippen LogP contribution < -0.4 is 5.43 Å². The van der Waals surface area contributed by atoms with E-state index in [1.54, 1.807) is 12.3 Å². The van der Waals surface area contributed by atoms with Gasteiger partial charge in [-0.3, -0.25) is 4.79 Å². The largest absolute Gasteiger partial charge is 0.302 e. The lowest BCUT2D eigenvalue weighted by molar-refractivity contribution is -0.118. The highest BCUT2D eigenvalue weighted by molar-refractivity contribution is 7.99. The topological polar surface area (TPSA) is 72.2 Å². The Bertz CT molecular complexity index is 994. The Balaban J connectivity index is 1.53. The van der Waals surface area contributed by atoms with Crippen molar-refractivity contribution in [1.82, 2.24) is 20.2 Å². The van der Waals surface area contributed by atoms with Crippen molar-refractivity contribution in [2.75, 3.05) is 5.75 Å². The van der Waals surface area contributed by atoms with Gasteiger partial charge in [0, 0.05) is 18.3 Å². The minimum absolute atomic E-state index is 0.193. The van der Waals surface area contributed by atoms with E-state index in [1.807, 2.05) is 67.0 Å². The van der Waals surface area contributed by atoms with Gasteiger partial charge in [0.1, 0.15) is 0 Å². The fourth-order valence-electron chi connectivity index (χ4n) is 2.63. The number of hydrazone groups is 1. The fraction of sp³-hybridized carbons (Fsp3) is 0.182. The van der Waals surface area contributed by atoms with Gasteiger partial charge in [-0.05, 0) is 25.5 Å². The van der Waals surface area contributed by atoms with Gasteiger partial charge < -0.3 is 4.57 Å². The van der Waals surface area contributed by atoms with Gasteiger partial charge in [-0.25, -0.2) is 5.43 Å². The van der Waals surface area contributed by atoms with Crippen LogP contribution in [0.15, 0.2) is 70.9 Å². The lowest BCUT2D eigenvalue weighted by Gasteiger charge is -2.07. The van der Waals surface area contributed by atoms with Crippen LogP contribution in [0, 0.1) is 6.92 Å². The second-order valence-corrected chi connectivity index (χ2v) is 7.23. The highest BCUT2D eigenvalue weighted by atomic mass is 32.2. The Kier molecular flexibility index (Phi) is 7.35. The molecule has 0 unspecified atom stereocenters. The molecule has 148 valence electrons.